The van der Waals surface area contributed by atoms with Gasteiger partial charge in [-0.3, -0.25) is 9.78 Å². The van der Waals surface area contributed by atoms with E-state index < -0.39 is 0 Å². The number of unbranched alkanes of at least 4 members (excludes halogenated alkanes) is 6. The van der Waals surface area contributed by atoms with E-state index in [0.29, 0.717) is 0 Å². The van der Waals surface area contributed by atoms with Crippen LogP contribution in [0, 0.1) is 0 Å². The quantitative estimate of drug-likeness (QED) is 0.145. The number of benzene rings is 1. The van der Waals surface area contributed by atoms with Crippen molar-refractivity contribution in [1.29, 1.82) is 0 Å². The summed E-state index contributed by atoms with van der Waals surface area (Å²) in [6, 6.07) is 12.5. The van der Waals surface area contributed by atoms with E-state index in [2.05, 4.69) is 48.4 Å². The number of ether oxygens (including phenoxy) is 1. The number of pyridine rings is 1. The molecule has 0 saturated carbocycles. The van der Waals surface area contributed by atoms with Gasteiger partial charge in [-0.15, -0.1) is 0 Å². The van der Waals surface area contributed by atoms with Gasteiger partial charge in [-0.1, -0.05) is 75.8 Å². The molecule has 0 saturated heterocycles. The molecule has 4 heteroatoms. The van der Waals surface area contributed by atoms with E-state index in [1.165, 1.54) is 55.2 Å². The molecule has 1 atom stereocenters. The Balaban J connectivity index is 1.69. The Labute approximate surface area is 212 Å². The van der Waals surface area contributed by atoms with Crippen LogP contribution in [0.1, 0.15) is 89.2 Å². The Morgan fingerprint density at radius 1 is 1.03 bits per heavy atom. The molecule has 0 aliphatic heterocycles. The smallest absolute Gasteiger partial charge is 0.244 e. The van der Waals surface area contributed by atoms with Gasteiger partial charge >= 0.3 is 0 Å². The van der Waals surface area contributed by atoms with Crippen LogP contribution in [0.5, 0.6) is 5.75 Å². The Morgan fingerprint density at radius 3 is 2.51 bits per heavy atom. The second kappa shape index (κ2) is 17.5. The molecule has 0 aliphatic rings. The fourth-order valence-corrected chi connectivity index (χ4v) is 4.17. The number of hydrogen-bond donors (Lipinski definition) is 1. The molecule has 2 rings (SSSR count). The summed E-state index contributed by atoms with van der Waals surface area (Å²) in [5.41, 5.74) is 3.76. The minimum atomic E-state index is -0.0205. The highest BCUT2D eigenvalue weighted by Crippen LogP contribution is 2.24. The lowest BCUT2D eigenvalue weighted by Gasteiger charge is -2.12. The van der Waals surface area contributed by atoms with Gasteiger partial charge in [0.15, 0.2) is 0 Å². The first-order valence-electron chi connectivity index (χ1n) is 13.3. The summed E-state index contributed by atoms with van der Waals surface area (Å²) in [4.78, 5) is 16.5. The molecule has 0 aliphatic carbocycles. The Hall–Kier alpha value is -2.88. The molecule has 35 heavy (non-hydrogen) atoms. The maximum absolute atomic E-state index is 12.4. The number of allylic oxidation sites excluding steroid dienone is 3. The van der Waals surface area contributed by atoms with Crippen molar-refractivity contribution in [2.45, 2.75) is 90.5 Å². The zero-order valence-electron chi connectivity index (χ0n) is 22.0. The normalized spacial score (nSPS) is 12.6. The van der Waals surface area contributed by atoms with E-state index in [1.54, 1.807) is 13.2 Å². The van der Waals surface area contributed by atoms with Crippen LogP contribution in [-0.4, -0.2) is 24.0 Å². The summed E-state index contributed by atoms with van der Waals surface area (Å²) in [6.45, 7) is 4.31. The molecule has 2 aromatic rings. The molecule has 1 aromatic carbocycles. The number of carbonyl (C=O) groups excluding carboxylic acids is 1. The molecular formula is C31H44N2O2. The fourth-order valence-electron chi connectivity index (χ4n) is 4.17. The highest BCUT2D eigenvalue weighted by atomic mass is 16.5. The lowest BCUT2D eigenvalue weighted by atomic mass is 9.99. The molecule has 0 fully saturated rings. The highest BCUT2D eigenvalue weighted by molar-refractivity contribution is 5.88. The van der Waals surface area contributed by atoms with Crippen molar-refractivity contribution in [2.75, 3.05) is 7.11 Å². The van der Waals surface area contributed by atoms with Crippen LogP contribution >= 0.6 is 0 Å². The van der Waals surface area contributed by atoms with Crippen molar-refractivity contribution in [3.8, 4) is 5.75 Å². The number of rotatable bonds is 17. The van der Waals surface area contributed by atoms with Gasteiger partial charge < -0.3 is 10.1 Å². The number of aromatic nitrogens is 1. The maximum atomic E-state index is 12.4. The molecule has 1 heterocycles. The molecular weight excluding hydrogens is 432 g/mol. The van der Waals surface area contributed by atoms with Crippen molar-refractivity contribution < 1.29 is 9.53 Å². The summed E-state index contributed by atoms with van der Waals surface area (Å²) < 4.78 is 5.28. The summed E-state index contributed by atoms with van der Waals surface area (Å²) in [5.74, 6) is 0.836. The number of amides is 1. The van der Waals surface area contributed by atoms with E-state index >= 15 is 0 Å². The topological polar surface area (TPSA) is 51.2 Å². The van der Waals surface area contributed by atoms with Gasteiger partial charge in [-0.05, 0) is 73.9 Å². The van der Waals surface area contributed by atoms with Gasteiger partial charge in [0.1, 0.15) is 5.75 Å². The molecule has 190 valence electrons. The average Bonchev–Trinajstić information content (AvgIpc) is 2.88. The van der Waals surface area contributed by atoms with E-state index in [4.69, 9.17) is 4.74 Å². The Morgan fingerprint density at radius 2 is 1.80 bits per heavy atom. The van der Waals surface area contributed by atoms with Gasteiger partial charge in [0.2, 0.25) is 5.91 Å². The average molecular weight is 477 g/mol. The largest absolute Gasteiger partial charge is 0.497 e. The van der Waals surface area contributed by atoms with Gasteiger partial charge in [0, 0.05) is 24.5 Å². The minimum absolute atomic E-state index is 0.0205. The lowest BCUT2D eigenvalue weighted by Crippen LogP contribution is -2.30. The zero-order valence-corrected chi connectivity index (χ0v) is 22.0. The second-order valence-electron chi connectivity index (χ2n) is 9.31. The predicted octanol–water partition coefficient (Wildman–Crippen LogP) is 7.70. The molecule has 0 spiro atoms. The highest BCUT2D eigenvalue weighted by Gasteiger charge is 2.05. The van der Waals surface area contributed by atoms with Crippen LogP contribution in [-0.2, 0) is 11.2 Å². The van der Waals surface area contributed by atoms with Gasteiger partial charge in [-0.25, -0.2) is 0 Å². The van der Waals surface area contributed by atoms with Gasteiger partial charge in [-0.2, -0.15) is 0 Å². The number of hydrogen-bond acceptors (Lipinski definition) is 3. The Kier molecular flexibility index (Phi) is 14.2. The summed E-state index contributed by atoms with van der Waals surface area (Å²) >= 11 is 0. The van der Waals surface area contributed by atoms with Crippen molar-refractivity contribution in [3.63, 3.8) is 0 Å². The molecule has 0 bridgehead atoms. The van der Waals surface area contributed by atoms with E-state index in [9.17, 15) is 4.79 Å². The molecule has 4 nitrogen and oxygen atoms in total. The first kappa shape index (κ1) is 28.4. The molecule has 0 radical (unpaired) electrons. The van der Waals surface area contributed by atoms with Crippen LogP contribution < -0.4 is 10.1 Å². The summed E-state index contributed by atoms with van der Waals surface area (Å²) in [6.07, 6.45) is 22.2. The van der Waals surface area contributed by atoms with Gasteiger partial charge in [0.05, 0.1) is 7.11 Å². The predicted molar refractivity (Wildman–Crippen MR) is 148 cm³/mol. The monoisotopic (exact) mass is 476 g/mol. The second-order valence-corrected chi connectivity index (χ2v) is 9.31. The lowest BCUT2D eigenvalue weighted by molar-refractivity contribution is -0.117. The Bertz CT molecular complexity index is 888. The molecule has 1 N–H and O–H groups in total. The first-order valence-corrected chi connectivity index (χ1v) is 13.3. The van der Waals surface area contributed by atoms with E-state index in [1.807, 2.05) is 36.7 Å². The summed E-state index contributed by atoms with van der Waals surface area (Å²) in [5, 5.41) is 3.11. The third kappa shape index (κ3) is 12.4. The molecule has 1 aromatic heterocycles. The fraction of sp³-hybridized carbons (Fsp3) is 0.484. The number of methoxy groups -OCH3 is 1. The number of nitrogens with one attached hydrogen (secondary N) is 1. The minimum Gasteiger partial charge on any atom is -0.497 e. The van der Waals surface area contributed by atoms with Gasteiger partial charge in [0.25, 0.3) is 0 Å². The van der Waals surface area contributed by atoms with Crippen LogP contribution in [0.3, 0.4) is 0 Å². The molecule has 0 unspecified atom stereocenters. The van der Waals surface area contributed by atoms with Crippen molar-refractivity contribution >= 4 is 11.5 Å². The standard InChI is InChI=1S/C31H44N2O2/c1-4-5-9-17-28(29-20-22-30(35-3)23-21-29)18-12-19-31(34)33-26(2)14-10-7-6-8-11-15-27-16-13-24-32-25-27/h12-13,16,18-26H,4-11,14-15,17H2,1-3H3,(H,33,34)/t26-/m1/s1. The number of nitrogens with zero attached hydrogens (tertiary/aromatic N) is 1. The van der Waals surface area contributed by atoms with Crippen LogP contribution in [0.15, 0.2) is 67.0 Å². The third-order valence-electron chi connectivity index (χ3n) is 6.27. The maximum Gasteiger partial charge on any atom is 0.244 e. The van der Waals surface area contributed by atoms with Crippen LogP contribution in [0.2, 0.25) is 0 Å². The van der Waals surface area contributed by atoms with Crippen molar-refractivity contribution in [3.05, 3.63) is 78.1 Å². The zero-order chi connectivity index (χ0) is 25.1. The molecule has 1 amide bonds. The van der Waals surface area contributed by atoms with E-state index in [0.717, 1.165) is 37.9 Å². The van der Waals surface area contributed by atoms with Crippen molar-refractivity contribution in [1.82, 2.24) is 10.3 Å². The SMILES string of the molecule is CCCCCC(=CC=CC(=O)N[C@H](C)CCCCCCCc1cccnc1)c1ccc(OC)cc1. The van der Waals surface area contributed by atoms with E-state index in [-0.39, 0.29) is 11.9 Å². The number of aryl methyl sites for hydroxylation is 1. The third-order valence-corrected chi connectivity index (χ3v) is 6.27. The number of carbonyl (C=O) groups is 1. The van der Waals surface area contributed by atoms with Crippen LogP contribution in [0.25, 0.3) is 5.57 Å². The first-order chi connectivity index (χ1) is 17.1. The summed E-state index contributed by atoms with van der Waals surface area (Å²) in [7, 11) is 1.68. The van der Waals surface area contributed by atoms with Crippen molar-refractivity contribution in [2.24, 2.45) is 0 Å². The van der Waals surface area contributed by atoms with Crippen LogP contribution in [0.4, 0.5) is 0 Å².